The second-order valence-electron chi connectivity index (χ2n) is 5.67. The van der Waals surface area contributed by atoms with Crippen LogP contribution in [0.1, 0.15) is 28.9 Å². The minimum atomic E-state index is -3.70. The number of hydrogen-bond donors (Lipinski definition) is 1. The third kappa shape index (κ3) is 3.80. The van der Waals surface area contributed by atoms with Crippen molar-refractivity contribution < 1.29 is 13.2 Å². The number of rotatable bonds is 5. The maximum absolute atomic E-state index is 12.4. The van der Waals surface area contributed by atoms with Crippen LogP contribution in [0.4, 0.5) is 0 Å². The molecular weight excluding hydrogens is 326 g/mol. The zero-order valence-electron chi connectivity index (χ0n) is 13.2. The molecule has 0 radical (unpaired) electrons. The largest absolute Gasteiger partial charge is 0.339 e. The summed E-state index contributed by atoms with van der Waals surface area (Å²) in [5.74, 6) is -0.116. The molecule has 0 spiro atoms. The Labute approximate surface area is 141 Å². The highest BCUT2D eigenvalue weighted by atomic mass is 32.2. The van der Waals surface area contributed by atoms with Gasteiger partial charge in [0.15, 0.2) is 0 Å². The molecule has 0 atom stereocenters. The standard InChI is InChI=1S/C17H19N3O3S/c21-17(20-10-3-4-11-20)14-6-5-8-16(12-14)24(22,23)19-13-15-7-1-2-9-18-15/h1-2,5-9,12,19H,3-4,10-11,13H2. The molecule has 6 nitrogen and oxygen atoms in total. The van der Waals surface area contributed by atoms with Gasteiger partial charge in [0, 0.05) is 24.8 Å². The van der Waals surface area contributed by atoms with Gasteiger partial charge in [0.1, 0.15) is 0 Å². The Morgan fingerprint density at radius 3 is 2.62 bits per heavy atom. The summed E-state index contributed by atoms with van der Waals surface area (Å²) in [5.41, 5.74) is 1.03. The number of benzene rings is 1. The molecule has 3 rings (SSSR count). The molecule has 0 aliphatic carbocycles. The number of likely N-dealkylation sites (tertiary alicyclic amines) is 1. The predicted octanol–water partition coefficient (Wildman–Crippen LogP) is 1.80. The highest BCUT2D eigenvalue weighted by Crippen LogP contribution is 2.16. The summed E-state index contributed by atoms with van der Waals surface area (Å²) < 4.78 is 27.4. The van der Waals surface area contributed by atoms with Gasteiger partial charge in [-0.05, 0) is 43.2 Å². The van der Waals surface area contributed by atoms with Crippen molar-refractivity contribution in [3.8, 4) is 0 Å². The molecule has 0 bridgehead atoms. The van der Waals surface area contributed by atoms with E-state index in [4.69, 9.17) is 0 Å². The molecule has 7 heteroatoms. The fourth-order valence-electron chi connectivity index (χ4n) is 2.65. The molecule has 1 aliphatic rings. The Hall–Kier alpha value is -2.25. The van der Waals surface area contributed by atoms with Gasteiger partial charge in [-0.15, -0.1) is 0 Å². The molecule has 0 saturated carbocycles. The first-order valence-corrected chi connectivity index (χ1v) is 9.33. The number of carbonyl (C=O) groups is 1. The second-order valence-corrected chi connectivity index (χ2v) is 7.44. The number of aromatic nitrogens is 1. The van der Waals surface area contributed by atoms with Crippen molar-refractivity contribution in [1.82, 2.24) is 14.6 Å². The topological polar surface area (TPSA) is 79.4 Å². The number of hydrogen-bond acceptors (Lipinski definition) is 4. The maximum Gasteiger partial charge on any atom is 0.253 e. The van der Waals surface area contributed by atoms with Gasteiger partial charge in [-0.2, -0.15) is 0 Å². The van der Waals surface area contributed by atoms with Crippen LogP contribution in [-0.4, -0.2) is 37.3 Å². The van der Waals surface area contributed by atoms with Crippen LogP contribution >= 0.6 is 0 Å². The van der Waals surface area contributed by atoms with E-state index in [1.165, 1.54) is 12.1 Å². The zero-order chi connectivity index (χ0) is 17.0. The van der Waals surface area contributed by atoms with E-state index in [9.17, 15) is 13.2 Å². The number of pyridine rings is 1. The van der Waals surface area contributed by atoms with E-state index in [1.54, 1.807) is 41.4 Å². The molecular formula is C17H19N3O3S. The summed E-state index contributed by atoms with van der Waals surface area (Å²) in [6, 6.07) is 11.5. The molecule has 126 valence electrons. The van der Waals surface area contributed by atoms with Gasteiger partial charge in [0.2, 0.25) is 10.0 Å². The zero-order valence-corrected chi connectivity index (χ0v) is 14.0. The van der Waals surface area contributed by atoms with E-state index in [0.29, 0.717) is 11.3 Å². The minimum Gasteiger partial charge on any atom is -0.339 e. The van der Waals surface area contributed by atoms with Crippen molar-refractivity contribution in [2.45, 2.75) is 24.3 Å². The third-order valence-electron chi connectivity index (χ3n) is 3.95. The Morgan fingerprint density at radius 2 is 1.92 bits per heavy atom. The summed E-state index contributed by atoms with van der Waals surface area (Å²) in [4.78, 5) is 18.3. The number of carbonyl (C=O) groups excluding carboxylic acids is 1. The molecule has 1 amide bonds. The molecule has 1 aliphatic heterocycles. The van der Waals surface area contributed by atoms with E-state index in [1.807, 2.05) is 0 Å². The van der Waals surface area contributed by atoms with Gasteiger partial charge in [-0.3, -0.25) is 9.78 Å². The van der Waals surface area contributed by atoms with E-state index < -0.39 is 10.0 Å². The van der Waals surface area contributed by atoms with Gasteiger partial charge in [0.05, 0.1) is 17.1 Å². The second kappa shape index (κ2) is 7.11. The number of nitrogens with one attached hydrogen (secondary N) is 1. The van der Waals surface area contributed by atoms with Crippen LogP contribution in [0, 0.1) is 0 Å². The average molecular weight is 345 g/mol. The predicted molar refractivity (Wildman–Crippen MR) is 89.8 cm³/mol. The van der Waals surface area contributed by atoms with Gasteiger partial charge < -0.3 is 4.90 Å². The minimum absolute atomic E-state index is 0.0866. The molecule has 2 aromatic rings. The summed E-state index contributed by atoms with van der Waals surface area (Å²) >= 11 is 0. The van der Waals surface area contributed by atoms with E-state index in [-0.39, 0.29) is 17.3 Å². The first kappa shape index (κ1) is 16.6. The van der Waals surface area contributed by atoms with Crippen LogP contribution in [0.5, 0.6) is 0 Å². The Morgan fingerprint density at radius 1 is 1.12 bits per heavy atom. The van der Waals surface area contributed by atoms with E-state index in [2.05, 4.69) is 9.71 Å². The fourth-order valence-corrected chi connectivity index (χ4v) is 3.70. The molecule has 2 heterocycles. The quantitative estimate of drug-likeness (QED) is 0.896. The van der Waals surface area contributed by atoms with E-state index >= 15 is 0 Å². The van der Waals surface area contributed by atoms with Crippen LogP contribution in [0.15, 0.2) is 53.6 Å². The molecule has 0 unspecified atom stereocenters. The van der Waals surface area contributed by atoms with Crippen LogP contribution in [0.25, 0.3) is 0 Å². The lowest BCUT2D eigenvalue weighted by Crippen LogP contribution is -2.28. The molecule has 1 aromatic carbocycles. The van der Waals surface area contributed by atoms with Crippen LogP contribution in [-0.2, 0) is 16.6 Å². The van der Waals surface area contributed by atoms with Crippen molar-refractivity contribution in [3.05, 3.63) is 59.9 Å². The van der Waals surface area contributed by atoms with Crippen molar-refractivity contribution in [2.24, 2.45) is 0 Å². The number of amides is 1. The summed E-state index contributed by atoms with van der Waals surface area (Å²) in [7, 11) is -3.70. The first-order valence-electron chi connectivity index (χ1n) is 7.85. The molecule has 1 fully saturated rings. The van der Waals surface area contributed by atoms with Crippen LogP contribution < -0.4 is 4.72 Å². The van der Waals surface area contributed by atoms with Gasteiger partial charge >= 0.3 is 0 Å². The van der Waals surface area contributed by atoms with Crippen molar-refractivity contribution in [2.75, 3.05) is 13.1 Å². The molecule has 24 heavy (non-hydrogen) atoms. The lowest BCUT2D eigenvalue weighted by Gasteiger charge is -2.15. The van der Waals surface area contributed by atoms with Crippen molar-refractivity contribution >= 4 is 15.9 Å². The normalized spacial score (nSPS) is 14.8. The summed E-state index contributed by atoms with van der Waals surface area (Å²) in [5, 5.41) is 0. The molecule has 1 aromatic heterocycles. The van der Waals surface area contributed by atoms with E-state index in [0.717, 1.165) is 25.9 Å². The maximum atomic E-state index is 12.4. The smallest absolute Gasteiger partial charge is 0.253 e. The lowest BCUT2D eigenvalue weighted by molar-refractivity contribution is 0.0792. The SMILES string of the molecule is O=C(c1cccc(S(=O)(=O)NCc2ccccn2)c1)N1CCCC1. The Bertz CT molecular complexity index is 816. The number of sulfonamides is 1. The van der Waals surface area contributed by atoms with Gasteiger partial charge in [-0.25, -0.2) is 13.1 Å². The molecule has 1 N–H and O–H groups in total. The van der Waals surface area contributed by atoms with Crippen LogP contribution in [0.3, 0.4) is 0 Å². The highest BCUT2D eigenvalue weighted by Gasteiger charge is 2.21. The monoisotopic (exact) mass is 345 g/mol. The van der Waals surface area contributed by atoms with Crippen LogP contribution in [0.2, 0.25) is 0 Å². The van der Waals surface area contributed by atoms with Crippen molar-refractivity contribution in [3.63, 3.8) is 0 Å². The van der Waals surface area contributed by atoms with Gasteiger partial charge in [-0.1, -0.05) is 12.1 Å². The Balaban J connectivity index is 1.75. The Kier molecular flexibility index (Phi) is 4.92. The van der Waals surface area contributed by atoms with Crippen molar-refractivity contribution in [1.29, 1.82) is 0 Å². The lowest BCUT2D eigenvalue weighted by atomic mass is 10.2. The van der Waals surface area contributed by atoms with Gasteiger partial charge in [0.25, 0.3) is 5.91 Å². The first-order chi connectivity index (χ1) is 11.6. The summed E-state index contributed by atoms with van der Waals surface area (Å²) in [6.45, 7) is 1.56. The fraction of sp³-hybridized carbons (Fsp3) is 0.294. The third-order valence-corrected chi connectivity index (χ3v) is 5.35. The molecule has 1 saturated heterocycles. The summed E-state index contributed by atoms with van der Waals surface area (Å²) in [6.07, 6.45) is 3.60. The number of nitrogens with zero attached hydrogens (tertiary/aromatic N) is 2. The average Bonchev–Trinajstić information content (AvgIpc) is 3.15. The highest BCUT2D eigenvalue weighted by molar-refractivity contribution is 7.89.